The van der Waals surface area contributed by atoms with E-state index in [9.17, 15) is 9.90 Å². The Balaban J connectivity index is 2.10. The maximum absolute atomic E-state index is 12.5. The first-order valence-electron chi connectivity index (χ1n) is 7.43. The molecule has 0 fully saturated rings. The minimum absolute atomic E-state index is 0.0731. The third-order valence-corrected chi connectivity index (χ3v) is 3.67. The first-order chi connectivity index (χ1) is 12.0. The monoisotopic (exact) mass is 340 g/mol. The highest BCUT2D eigenvalue weighted by atomic mass is 16.5. The molecule has 0 aliphatic rings. The van der Waals surface area contributed by atoms with Gasteiger partial charge in [-0.25, -0.2) is 0 Å². The van der Waals surface area contributed by atoms with Crippen LogP contribution < -0.4 is 15.5 Å². The van der Waals surface area contributed by atoms with Gasteiger partial charge < -0.3 is 24.7 Å². The summed E-state index contributed by atoms with van der Waals surface area (Å²) in [4.78, 5) is 12.5. The summed E-state index contributed by atoms with van der Waals surface area (Å²) < 4.78 is 10.8. The maximum atomic E-state index is 12.5. The smallest absolute Gasteiger partial charge is 0.235 e. The molecule has 0 saturated carbocycles. The number of aliphatic hydroxyl groups is 1. The van der Waals surface area contributed by atoms with Crippen molar-refractivity contribution in [2.75, 3.05) is 19.0 Å². The summed E-state index contributed by atoms with van der Waals surface area (Å²) in [5.41, 5.74) is 0.706. The van der Waals surface area contributed by atoms with Crippen LogP contribution in [0.3, 0.4) is 0 Å². The van der Waals surface area contributed by atoms with Crippen molar-refractivity contribution in [1.29, 1.82) is 5.41 Å². The lowest BCUT2D eigenvalue weighted by molar-refractivity contribution is 0.356. The van der Waals surface area contributed by atoms with Crippen LogP contribution >= 0.6 is 0 Å². The van der Waals surface area contributed by atoms with Crippen LogP contribution in [0.2, 0.25) is 0 Å². The summed E-state index contributed by atoms with van der Waals surface area (Å²) in [5, 5.41) is 29.4. The summed E-state index contributed by atoms with van der Waals surface area (Å²) in [5.74, 6) is 0.118. The third kappa shape index (κ3) is 3.17. The highest BCUT2D eigenvalue weighted by Gasteiger charge is 2.16. The summed E-state index contributed by atoms with van der Waals surface area (Å²) >= 11 is 0. The Labute approximate surface area is 142 Å². The van der Waals surface area contributed by atoms with Crippen LogP contribution in [-0.2, 0) is 0 Å². The Hall–Kier alpha value is -3.32. The number of ether oxygens (including phenoxy) is 1. The van der Waals surface area contributed by atoms with Crippen LogP contribution in [0, 0.1) is 5.41 Å². The van der Waals surface area contributed by atoms with Crippen LogP contribution in [-0.4, -0.2) is 29.8 Å². The molecule has 0 aliphatic carbocycles. The molecule has 1 aromatic heterocycles. The van der Waals surface area contributed by atoms with Gasteiger partial charge in [0.2, 0.25) is 11.2 Å². The fourth-order valence-electron chi connectivity index (χ4n) is 2.41. The Morgan fingerprint density at radius 3 is 2.60 bits per heavy atom. The second-order valence-electron chi connectivity index (χ2n) is 5.31. The minimum atomic E-state index is -0.578. The molecule has 1 heterocycles. The molecule has 4 N–H and O–H groups in total. The molecule has 3 aromatic rings. The first kappa shape index (κ1) is 16.5. The molecule has 128 valence electrons. The summed E-state index contributed by atoms with van der Waals surface area (Å²) in [7, 11) is 1.55. The number of amidine groups is 1. The third-order valence-electron chi connectivity index (χ3n) is 3.67. The van der Waals surface area contributed by atoms with Crippen LogP contribution in [0.15, 0.2) is 51.7 Å². The molecule has 0 bridgehead atoms. The van der Waals surface area contributed by atoms with E-state index in [1.807, 2.05) is 0 Å². The number of nitrogens with one attached hydrogen (secondary N) is 2. The van der Waals surface area contributed by atoms with E-state index in [-0.39, 0.29) is 17.0 Å². The average molecular weight is 340 g/mol. The molecule has 3 rings (SSSR count). The van der Waals surface area contributed by atoms with E-state index in [0.29, 0.717) is 22.6 Å². The largest absolute Gasteiger partial charge is 0.502 e. The second-order valence-corrected chi connectivity index (χ2v) is 5.31. The maximum Gasteiger partial charge on any atom is 0.235 e. The first-order valence-corrected chi connectivity index (χ1v) is 7.43. The summed E-state index contributed by atoms with van der Waals surface area (Å²) in [6.45, 7) is -0.450. The number of hydrogen-bond donors (Lipinski definition) is 4. The fraction of sp³-hybridized carbons (Fsp3) is 0.111. The number of methoxy groups -OCH3 is 1. The van der Waals surface area contributed by atoms with Crippen molar-refractivity contribution < 1.29 is 19.4 Å². The van der Waals surface area contributed by atoms with E-state index in [1.165, 1.54) is 6.07 Å². The van der Waals surface area contributed by atoms with E-state index < -0.39 is 17.8 Å². The van der Waals surface area contributed by atoms with E-state index >= 15 is 0 Å². The molecule has 2 aromatic carbocycles. The summed E-state index contributed by atoms with van der Waals surface area (Å²) in [6.07, 6.45) is 0. The Morgan fingerprint density at radius 2 is 1.96 bits per heavy atom. The molecular formula is C18H16N2O5. The fourth-order valence-corrected chi connectivity index (χ4v) is 2.41. The van der Waals surface area contributed by atoms with Gasteiger partial charge in [0.1, 0.15) is 23.8 Å². The minimum Gasteiger partial charge on any atom is -0.502 e. The number of benzene rings is 2. The lowest BCUT2D eigenvalue weighted by Crippen LogP contribution is -2.14. The Bertz CT molecular complexity index is 993. The molecule has 7 heteroatoms. The van der Waals surface area contributed by atoms with Crippen molar-refractivity contribution in [2.45, 2.75) is 0 Å². The van der Waals surface area contributed by atoms with Crippen molar-refractivity contribution in [3.63, 3.8) is 0 Å². The van der Waals surface area contributed by atoms with Crippen LogP contribution in [0.25, 0.3) is 22.3 Å². The van der Waals surface area contributed by atoms with Gasteiger partial charge in [0.15, 0.2) is 5.76 Å². The Morgan fingerprint density at radius 1 is 1.24 bits per heavy atom. The second kappa shape index (κ2) is 6.66. The number of anilines is 1. The van der Waals surface area contributed by atoms with Gasteiger partial charge in [0.25, 0.3) is 0 Å². The van der Waals surface area contributed by atoms with Gasteiger partial charge in [0, 0.05) is 11.3 Å². The predicted molar refractivity (Wildman–Crippen MR) is 94.6 cm³/mol. The highest BCUT2D eigenvalue weighted by Crippen LogP contribution is 2.31. The van der Waals surface area contributed by atoms with E-state index in [2.05, 4.69) is 5.32 Å². The van der Waals surface area contributed by atoms with Gasteiger partial charge in [-0.1, -0.05) is 0 Å². The van der Waals surface area contributed by atoms with E-state index in [0.717, 1.165) is 0 Å². The van der Waals surface area contributed by atoms with Crippen LogP contribution in [0.1, 0.15) is 0 Å². The molecule has 25 heavy (non-hydrogen) atoms. The van der Waals surface area contributed by atoms with Crippen molar-refractivity contribution >= 4 is 22.5 Å². The van der Waals surface area contributed by atoms with Crippen LogP contribution in [0.4, 0.5) is 5.69 Å². The molecule has 0 amide bonds. The number of rotatable bonds is 4. The summed E-state index contributed by atoms with van der Waals surface area (Å²) in [6, 6.07) is 11.4. The normalized spacial score (nSPS) is 10.6. The molecule has 0 unspecified atom stereocenters. The van der Waals surface area contributed by atoms with Crippen LogP contribution in [0.5, 0.6) is 11.5 Å². The molecular weight excluding hydrogens is 324 g/mol. The lowest BCUT2D eigenvalue weighted by Gasteiger charge is -2.09. The lowest BCUT2D eigenvalue weighted by atomic mass is 10.1. The Kier molecular flexibility index (Phi) is 4.40. The van der Waals surface area contributed by atoms with Gasteiger partial charge >= 0.3 is 0 Å². The van der Waals surface area contributed by atoms with Gasteiger partial charge in [0.05, 0.1) is 12.5 Å². The van der Waals surface area contributed by atoms with E-state index in [1.54, 1.807) is 43.5 Å². The molecule has 0 spiro atoms. The standard InChI is InChI=1S/C18H16N2O5/c1-24-12-5-2-10(3-6-12)18-17(23)16(22)13-8-11(20-15(19)9-21)4-7-14(13)25-18/h2-8,21,23H,9H2,1H3,(H2,19,20). The zero-order chi connectivity index (χ0) is 18.0. The number of aromatic hydroxyl groups is 1. The van der Waals surface area contributed by atoms with Crippen molar-refractivity contribution in [2.24, 2.45) is 0 Å². The van der Waals surface area contributed by atoms with Crippen molar-refractivity contribution in [3.05, 3.63) is 52.7 Å². The molecule has 0 atom stereocenters. The van der Waals surface area contributed by atoms with Gasteiger partial charge in [-0.15, -0.1) is 0 Å². The number of hydrogen-bond acceptors (Lipinski definition) is 6. The molecule has 0 radical (unpaired) electrons. The average Bonchev–Trinajstić information content (AvgIpc) is 2.65. The number of aliphatic hydroxyl groups excluding tert-OH is 1. The van der Waals surface area contributed by atoms with Gasteiger partial charge in [-0.2, -0.15) is 0 Å². The zero-order valence-electron chi connectivity index (χ0n) is 13.4. The quantitative estimate of drug-likeness (QED) is 0.428. The van der Waals surface area contributed by atoms with E-state index in [4.69, 9.17) is 19.7 Å². The topological polar surface area (TPSA) is 116 Å². The molecule has 7 nitrogen and oxygen atoms in total. The zero-order valence-corrected chi connectivity index (χ0v) is 13.4. The molecule has 0 aliphatic heterocycles. The number of fused-ring (bicyclic) bond motifs is 1. The van der Waals surface area contributed by atoms with Gasteiger partial charge in [-0.05, 0) is 42.5 Å². The van der Waals surface area contributed by atoms with Gasteiger partial charge in [-0.3, -0.25) is 10.2 Å². The highest BCUT2D eigenvalue weighted by molar-refractivity contribution is 5.96. The molecule has 0 saturated heterocycles. The SMILES string of the molecule is COc1ccc(-c2oc3ccc(NC(=N)CO)cc3c(=O)c2O)cc1. The predicted octanol–water partition coefficient (Wildman–Crippen LogP) is 2.56. The van der Waals surface area contributed by atoms with Crippen molar-refractivity contribution in [3.8, 4) is 22.8 Å². The van der Waals surface area contributed by atoms with Crippen molar-refractivity contribution in [1.82, 2.24) is 0 Å².